The lowest BCUT2D eigenvalue weighted by atomic mass is 10.1. The predicted molar refractivity (Wildman–Crippen MR) is 108 cm³/mol. The van der Waals surface area contributed by atoms with E-state index in [1.165, 1.54) is 6.07 Å². The summed E-state index contributed by atoms with van der Waals surface area (Å²) in [6.07, 6.45) is 1.69. The summed E-state index contributed by atoms with van der Waals surface area (Å²) in [5.41, 5.74) is 2.12. The largest absolute Gasteiger partial charge is 0.507 e. The number of phenols is 1. The van der Waals surface area contributed by atoms with E-state index in [0.717, 1.165) is 11.8 Å². The van der Waals surface area contributed by atoms with Crippen LogP contribution in [0, 0.1) is 11.3 Å². The summed E-state index contributed by atoms with van der Waals surface area (Å²) < 4.78 is 10.7. The number of para-hydroxylation sites is 2. The van der Waals surface area contributed by atoms with Crippen molar-refractivity contribution in [2.75, 3.05) is 18.2 Å². The van der Waals surface area contributed by atoms with Crippen LogP contribution in [0.15, 0.2) is 57.5 Å². The third-order valence-corrected chi connectivity index (χ3v) is 4.51. The second-order valence-corrected chi connectivity index (χ2v) is 6.40. The minimum Gasteiger partial charge on any atom is -0.507 e. The number of carbonyl (C=O) groups excluding carboxylic acids is 1. The van der Waals surface area contributed by atoms with Crippen molar-refractivity contribution in [2.45, 2.75) is 6.92 Å². The van der Waals surface area contributed by atoms with Crippen molar-refractivity contribution in [3.05, 3.63) is 53.1 Å². The highest BCUT2D eigenvalue weighted by Crippen LogP contribution is 2.34. The zero-order chi connectivity index (χ0) is 20.1. The van der Waals surface area contributed by atoms with Crippen molar-refractivity contribution in [3.63, 3.8) is 0 Å². The third-order valence-electron chi connectivity index (χ3n) is 3.80. The van der Waals surface area contributed by atoms with Crippen molar-refractivity contribution < 1.29 is 19.1 Å². The molecular formula is C20H17N3O4S. The second-order valence-electron chi connectivity index (χ2n) is 5.58. The smallest absolute Gasteiger partial charge is 0.356 e. The number of aromatic hydroxyl groups is 1. The van der Waals surface area contributed by atoms with Gasteiger partial charge in [0.1, 0.15) is 27.9 Å². The highest BCUT2D eigenvalue weighted by Gasteiger charge is 2.19. The number of oxazole rings is 1. The maximum Gasteiger partial charge on any atom is 0.356 e. The van der Waals surface area contributed by atoms with Crippen LogP contribution in [-0.4, -0.2) is 28.9 Å². The molecule has 0 bridgehead atoms. The number of fused-ring (bicyclic) bond motifs is 1. The average Bonchev–Trinajstić information content (AvgIpc) is 3.13. The maximum absolute atomic E-state index is 12.3. The summed E-state index contributed by atoms with van der Waals surface area (Å²) in [6, 6.07) is 13.9. The fourth-order valence-electron chi connectivity index (χ4n) is 2.52. The molecule has 0 fully saturated rings. The van der Waals surface area contributed by atoms with Gasteiger partial charge in [0, 0.05) is 5.69 Å². The second kappa shape index (κ2) is 8.50. The maximum atomic E-state index is 12.3. The molecule has 2 N–H and O–H groups in total. The molecule has 0 aliphatic rings. The highest BCUT2D eigenvalue weighted by molar-refractivity contribution is 8.02. The van der Waals surface area contributed by atoms with E-state index in [9.17, 15) is 15.2 Å². The van der Waals surface area contributed by atoms with Crippen molar-refractivity contribution in [1.29, 1.82) is 5.26 Å². The summed E-state index contributed by atoms with van der Waals surface area (Å²) in [4.78, 5) is 16.8. The van der Waals surface area contributed by atoms with Gasteiger partial charge < -0.3 is 19.6 Å². The number of aromatic nitrogens is 1. The van der Waals surface area contributed by atoms with E-state index in [1.54, 1.807) is 37.4 Å². The van der Waals surface area contributed by atoms with E-state index < -0.39 is 5.97 Å². The number of rotatable bonds is 6. The normalized spacial score (nSPS) is 11.6. The standard InChI is InChI=1S/C20H17N3O4S/c1-3-26-20(25)18(17(11-21)28-2)22-12-8-9-15(24)13(10-12)19-23-14-6-4-5-7-16(14)27-19/h4-10,22,24H,3H2,1-2H3/b18-17-. The number of benzene rings is 2. The molecule has 0 saturated heterocycles. The molecule has 28 heavy (non-hydrogen) atoms. The van der Waals surface area contributed by atoms with Crippen molar-refractivity contribution >= 4 is 34.5 Å². The first kappa shape index (κ1) is 19.3. The van der Waals surface area contributed by atoms with Crippen LogP contribution in [0.4, 0.5) is 5.69 Å². The number of nitrogens with one attached hydrogen (secondary N) is 1. The lowest BCUT2D eigenvalue weighted by Crippen LogP contribution is -2.16. The molecule has 2 aromatic carbocycles. The van der Waals surface area contributed by atoms with Gasteiger partial charge in [-0.25, -0.2) is 9.78 Å². The Labute approximate surface area is 165 Å². The molecule has 7 nitrogen and oxygen atoms in total. The number of ether oxygens (including phenoxy) is 1. The Morgan fingerprint density at radius 3 is 2.82 bits per heavy atom. The summed E-state index contributed by atoms with van der Waals surface area (Å²) in [5.74, 6) is -0.414. The first-order valence-corrected chi connectivity index (χ1v) is 9.61. The number of thioether (sulfide) groups is 1. The van der Waals surface area contributed by atoms with Crippen molar-refractivity contribution in [2.24, 2.45) is 0 Å². The first-order valence-electron chi connectivity index (χ1n) is 8.38. The van der Waals surface area contributed by atoms with Gasteiger partial charge in [0.05, 0.1) is 12.2 Å². The number of hydrogen-bond donors (Lipinski definition) is 2. The Hall–Kier alpha value is -3.44. The SMILES string of the molecule is CCOC(=O)/C(Nc1ccc(O)c(-c2nc3ccccc3o2)c1)=C(\C#N)SC. The fourth-order valence-corrected chi connectivity index (χ4v) is 2.95. The quantitative estimate of drug-likeness (QED) is 0.276. The van der Waals surface area contributed by atoms with Gasteiger partial charge in [-0.05, 0) is 43.5 Å². The molecule has 1 heterocycles. The Morgan fingerprint density at radius 1 is 1.36 bits per heavy atom. The van der Waals surface area contributed by atoms with Crippen molar-refractivity contribution in [3.8, 4) is 23.3 Å². The number of hydrogen-bond acceptors (Lipinski definition) is 8. The van der Waals surface area contributed by atoms with Gasteiger partial charge in [-0.1, -0.05) is 12.1 Å². The molecule has 0 spiro atoms. The van der Waals surface area contributed by atoms with Crippen LogP contribution >= 0.6 is 11.8 Å². The molecule has 8 heteroatoms. The Kier molecular flexibility index (Phi) is 5.87. The minimum absolute atomic E-state index is 0.0239. The molecule has 142 valence electrons. The fraction of sp³-hybridized carbons (Fsp3) is 0.150. The number of anilines is 1. The van der Waals surface area contributed by atoms with E-state index in [2.05, 4.69) is 10.3 Å². The molecule has 0 aliphatic heterocycles. The van der Waals surface area contributed by atoms with Crippen LogP contribution in [0.1, 0.15) is 6.92 Å². The number of carbonyl (C=O) groups is 1. The number of phenolic OH excluding ortho intramolecular Hbond substituents is 1. The van der Waals surface area contributed by atoms with E-state index in [1.807, 2.05) is 18.2 Å². The van der Waals surface area contributed by atoms with Gasteiger partial charge in [0.2, 0.25) is 5.89 Å². The molecule has 3 rings (SSSR count). The minimum atomic E-state index is -0.634. The van der Waals surface area contributed by atoms with Crippen LogP contribution in [0.3, 0.4) is 0 Å². The highest BCUT2D eigenvalue weighted by atomic mass is 32.2. The molecule has 1 aromatic heterocycles. The summed E-state index contributed by atoms with van der Waals surface area (Å²) in [5, 5.41) is 22.5. The molecule has 0 radical (unpaired) electrons. The number of allylic oxidation sites excluding steroid dienone is 1. The first-order chi connectivity index (χ1) is 13.6. The average molecular weight is 395 g/mol. The summed E-state index contributed by atoms with van der Waals surface area (Å²) in [7, 11) is 0. The van der Waals surface area contributed by atoms with Crippen LogP contribution in [0.2, 0.25) is 0 Å². The van der Waals surface area contributed by atoms with Crippen molar-refractivity contribution in [1.82, 2.24) is 4.98 Å². The van der Waals surface area contributed by atoms with Gasteiger partial charge in [0.25, 0.3) is 0 Å². The molecule has 0 atom stereocenters. The predicted octanol–water partition coefficient (Wildman–Crippen LogP) is 4.27. The molecular weight excluding hydrogens is 378 g/mol. The van der Waals surface area contributed by atoms with Gasteiger partial charge in [-0.2, -0.15) is 5.26 Å². The summed E-state index contributed by atoms with van der Waals surface area (Å²) in [6.45, 7) is 1.87. The zero-order valence-electron chi connectivity index (χ0n) is 15.2. The Balaban J connectivity index is 2.01. The van der Waals surface area contributed by atoms with Crippen LogP contribution in [0.5, 0.6) is 5.75 Å². The van der Waals surface area contributed by atoms with E-state index in [4.69, 9.17) is 9.15 Å². The van der Waals surface area contributed by atoms with E-state index in [0.29, 0.717) is 22.4 Å². The van der Waals surface area contributed by atoms with Gasteiger partial charge >= 0.3 is 5.97 Å². The van der Waals surface area contributed by atoms with E-state index >= 15 is 0 Å². The lowest BCUT2D eigenvalue weighted by molar-refractivity contribution is -0.138. The van der Waals surface area contributed by atoms with Gasteiger partial charge in [-0.3, -0.25) is 0 Å². The number of nitriles is 1. The van der Waals surface area contributed by atoms with E-state index in [-0.39, 0.29) is 28.8 Å². The topological polar surface area (TPSA) is 108 Å². The lowest BCUT2D eigenvalue weighted by Gasteiger charge is -2.12. The van der Waals surface area contributed by atoms with Crippen LogP contribution in [0.25, 0.3) is 22.6 Å². The zero-order valence-corrected chi connectivity index (χ0v) is 16.0. The Bertz CT molecular complexity index is 1070. The van der Waals surface area contributed by atoms with Crippen LogP contribution in [-0.2, 0) is 9.53 Å². The molecule has 0 aliphatic carbocycles. The summed E-state index contributed by atoms with van der Waals surface area (Å²) >= 11 is 1.13. The van der Waals surface area contributed by atoms with Gasteiger partial charge in [0.15, 0.2) is 5.58 Å². The number of nitrogens with zero attached hydrogens (tertiary/aromatic N) is 2. The molecule has 0 saturated carbocycles. The molecule has 3 aromatic rings. The van der Waals surface area contributed by atoms with Crippen LogP contribution < -0.4 is 5.32 Å². The third kappa shape index (κ3) is 3.94. The monoisotopic (exact) mass is 395 g/mol. The Morgan fingerprint density at radius 2 is 2.14 bits per heavy atom. The molecule has 0 amide bonds. The molecule has 0 unspecified atom stereocenters. The number of esters is 1. The van der Waals surface area contributed by atoms with Gasteiger partial charge in [-0.15, -0.1) is 11.8 Å².